The van der Waals surface area contributed by atoms with Crippen LogP contribution >= 0.6 is 11.6 Å². The van der Waals surface area contributed by atoms with Gasteiger partial charge >= 0.3 is 0 Å². The third kappa shape index (κ3) is 3.76. The van der Waals surface area contributed by atoms with E-state index in [1.165, 1.54) is 0 Å². The lowest BCUT2D eigenvalue weighted by molar-refractivity contribution is 0.278. The number of phenolic OH excluding ortho intramolecular Hbond substituents is 1. The summed E-state index contributed by atoms with van der Waals surface area (Å²) in [6.07, 6.45) is 3.47. The average Bonchev–Trinajstić information content (AvgIpc) is 3.17. The van der Waals surface area contributed by atoms with Gasteiger partial charge in [0.05, 0.1) is 29.5 Å². The molecule has 0 aliphatic heterocycles. The van der Waals surface area contributed by atoms with Crippen molar-refractivity contribution >= 4 is 45.2 Å². The van der Waals surface area contributed by atoms with Gasteiger partial charge < -0.3 is 20.1 Å². The van der Waals surface area contributed by atoms with Crippen LogP contribution in [-0.2, 0) is 6.54 Å². The Balaban J connectivity index is 1.43. The summed E-state index contributed by atoms with van der Waals surface area (Å²) in [6.45, 7) is 0.572. The summed E-state index contributed by atoms with van der Waals surface area (Å²) in [6, 6.07) is 16.4. The molecule has 5 aromatic rings. The molecule has 0 aliphatic rings. The topological polar surface area (TPSA) is 96.1 Å². The molecule has 2 aromatic heterocycles. The molecule has 8 heteroatoms. The van der Waals surface area contributed by atoms with Gasteiger partial charge in [0.2, 0.25) is 5.95 Å². The molecule has 3 aromatic carbocycles. The molecule has 0 spiro atoms. The third-order valence-electron chi connectivity index (χ3n) is 5.06. The number of halogens is 1. The number of aliphatic hydroxyl groups is 1. The molecule has 154 valence electrons. The maximum Gasteiger partial charge on any atom is 0.227 e. The van der Waals surface area contributed by atoms with Gasteiger partial charge in [-0.3, -0.25) is 0 Å². The smallest absolute Gasteiger partial charge is 0.227 e. The van der Waals surface area contributed by atoms with Gasteiger partial charge in [-0.15, -0.1) is 0 Å². The van der Waals surface area contributed by atoms with Crippen LogP contribution in [0.25, 0.3) is 33.1 Å². The van der Waals surface area contributed by atoms with E-state index in [1.54, 1.807) is 30.7 Å². The van der Waals surface area contributed by atoms with Gasteiger partial charge in [-0.05, 0) is 54.1 Å². The Labute approximate surface area is 182 Å². The van der Waals surface area contributed by atoms with E-state index in [0.29, 0.717) is 17.5 Å². The second-order valence-electron chi connectivity index (χ2n) is 7.12. The second kappa shape index (κ2) is 7.86. The molecule has 0 saturated carbocycles. The molecule has 0 radical (unpaired) electrons. The molecule has 0 aliphatic carbocycles. The number of hydrogen-bond donors (Lipinski definition) is 3. The van der Waals surface area contributed by atoms with Crippen LogP contribution in [0, 0.1) is 0 Å². The molecule has 3 N–H and O–H groups in total. The van der Waals surface area contributed by atoms with Gasteiger partial charge in [0.1, 0.15) is 5.75 Å². The highest BCUT2D eigenvalue weighted by Gasteiger charge is 2.09. The molecule has 0 saturated heterocycles. The highest BCUT2D eigenvalue weighted by Crippen LogP contribution is 2.32. The van der Waals surface area contributed by atoms with Crippen molar-refractivity contribution in [2.24, 2.45) is 0 Å². The quantitative estimate of drug-likeness (QED) is 0.372. The fourth-order valence-corrected chi connectivity index (χ4v) is 3.78. The molecule has 0 unspecified atom stereocenters. The summed E-state index contributed by atoms with van der Waals surface area (Å²) in [5.74, 6) is 0.637. The van der Waals surface area contributed by atoms with Crippen molar-refractivity contribution in [3.05, 3.63) is 72.1 Å². The van der Waals surface area contributed by atoms with Crippen molar-refractivity contribution in [2.75, 3.05) is 11.9 Å². The van der Waals surface area contributed by atoms with E-state index in [9.17, 15) is 5.11 Å². The molecule has 0 atom stereocenters. The van der Waals surface area contributed by atoms with Crippen LogP contribution in [0.3, 0.4) is 0 Å². The van der Waals surface area contributed by atoms with Gasteiger partial charge in [0.25, 0.3) is 0 Å². The van der Waals surface area contributed by atoms with E-state index in [-0.39, 0.29) is 12.4 Å². The van der Waals surface area contributed by atoms with Crippen molar-refractivity contribution in [1.29, 1.82) is 0 Å². The number of imidazole rings is 1. The van der Waals surface area contributed by atoms with Crippen LogP contribution in [0.5, 0.6) is 5.75 Å². The van der Waals surface area contributed by atoms with Crippen LogP contribution in [0.4, 0.5) is 11.6 Å². The number of hydrogen-bond acceptors (Lipinski definition) is 6. The zero-order chi connectivity index (χ0) is 21.4. The zero-order valence-electron chi connectivity index (χ0n) is 16.3. The minimum atomic E-state index is 0.0652. The van der Waals surface area contributed by atoms with Gasteiger partial charge in [-0.25, -0.2) is 15.0 Å². The Morgan fingerprint density at radius 2 is 1.87 bits per heavy atom. The van der Waals surface area contributed by atoms with Crippen LogP contribution in [-0.4, -0.2) is 36.3 Å². The number of aliphatic hydroxyl groups excluding tert-OH is 1. The van der Waals surface area contributed by atoms with E-state index < -0.39 is 0 Å². The number of anilines is 2. The number of benzene rings is 3. The SMILES string of the molecule is OCCn1cnc2cc(Nc3ncc4cc(-c5cc(O)ccc5Cl)ccc4n3)ccc21. The minimum Gasteiger partial charge on any atom is -0.508 e. The van der Waals surface area contributed by atoms with Crippen molar-refractivity contribution in [1.82, 2.24) is 19.5 Å². The Bertz CT molecular complexity index is 1420. The van der Waals surface area contributed by atoms with Crippen LogP contribution in [0.2, 0.25) is 5.02 Å². The molecule has 0 amide bonds. The standard InChI is InChI=1S/C23H18ClN5O2/c24-19-4-3-17(31)11-18(19)14-1-5-20-15(9-14)12-25-23(28-20)27-16-2-6-22-21(10-16)26-13-29(22)7-8-30/h1-6,9-13,30-31H,7-8H2,(H,25,27,28). The number of aromatic hydroxyl groups is 1. The maximum atomic E-state index is 9.77. The molecule has 7 nitrogen and oxygen atoms in total. The Morgan fingerprint density at radius 3 is 2.74 bits per heavy atom. The average molecular weight is 432 g/mol. The summed E-state index contributed by atoms with van der Waals surface area (Å²) in [5, 5.41) is 23.6. The number of nitrogens with one attached hydrogen (secondary N) is 1. The van der Waals surface area contributed by atoms with Gasteiger partial charge in [-0.1, -0.05) is 17.7 Å². The predicted octanol–water partition coefficient (Wildman–Crippen LogP) is 4.74. The number of aromatic nitrogens is 4. The van der Waals surface area contributed by atoms with Crippen molar-refractivity contribution in [3.8, 4) is 16.9 Å². The van der Waals surface area contributed by atoms with Crippen LogP contribution in [0.15, 0.2) is 67.1 Å². The van der Waals surface area contributed by atoms with Gasteiger partial charge in [0, 0.05) is 34.4 Å². The normalized spacial score (nSPS) is 11.3. The summed E-state index contributed by atoms with van der Waals surface area (Å²) in [4.78, 5) is 13.4. The lowest BCUT2D eigenvalue weighted by atomic mass is 10.0. The van der Waals surface area contributed by atoms with E-state index in [4.69, 9.17) is 16.7 Å². The first-order valence-corrected chi connectivity index (χ1v) is 10.1. The first-order chi connectivity index (χ1) is 15.1. The number of fused-ring (bicyclic) bond motifs is 2. The largest absolute Gasteiger partial charge is 0.508 e. The summed E-state index contributed by atoms with van der Waals surface area (Å²) >= 11 is 6.29. The molecular formula is C23H18ClN5O2. The molecule has 2 heterocycles. The molecular weight excluding hydrogens is 414 g/mol. The van der Waals surface area contributed by atoms with E-state index in [1.807, 2.05) is 41.0 Å². The van der Waals surface area contributed by atoms with Crippen molar-refractivity contribution in [2.45, 2.75) is 6.54 Å². The summed E-state index contributed by atoms with van der Waals surface area (Å²) in [5.41, 5.74) is 5.01. The Morgan fingerprint density at radius 1 is 0.968 bits per heavy atom. The minimum absolute atomic E-state index is 0.0652. The monoisotopic (exact) mass is 431 g/mol. The lowest BCUT2D eigenvalue weighted by Gasteiger charge is -2.09. The van der Waals surface area contributed by atoms with E-state index in [2.05, 4.69) is 20.3 Å². The third-order valence-corrected chi connectivity index (χ3v) is 5.39. The number of rotatable bonds is 5. The molecule has 5 rings (SSSR count). The molecule has 0 bridgehead atoms. The summed E-state index contributed by atoms with van der Waals surface area (Å²) in [7, 11) is 0. The highest BCUT2D eigenvalue weighted by molar-refractivity contribution is 6.33. The summed E-state index contributed by atoms with van der Waals surface area (Å²) < 4.78 is 1.90. The highest BCUT2D eigenvalue weighted by atomic mass is 35.5. The number of nitrogens with zero attached hydrogens (tertiary/aromatic N) is 4. The number of phenols is 1. The fourth-order valence-electron chi connectivity index (χ4n) is 3.55. The fraction of sp³-hybridized carbons (Fsp3) is 0.0870. The molecule has 31 heavy (non-hydrogen) atoms. The first kappa shape index (κ1) is 19.3. The van der Waals surface area contributed by atoms with Crippen molar-refractivity contribution < 1.29 is 10.2 Å². The van der Waals surface area contributed by atoms with E-state index >= 15 is 0 Å². The zero-order valence-corrected chi connectivity index (χ0v) is 17.1. The first-order valence-electron chi connectivity index (χ1n) is 9.69. The van der Waals surface area contributed by atoms with Gasteiger partial charge in [0.15, 0.2) is 0 Å². The van der Waals surface area contributed by atoms with Gasteiger partial charge in [-0.2, -0.15) is 0 Å². The predicted molar refractivity (Wildman–Crippen MR) is 122 cm³/mol. The second-order valence-corrected chi connectivity index (χ2v) is 7.53. The maximum absolute atomic E-state index is 9.77. The Kier molecular flexibility index (Phi) is 4.89. The van der Waals surface area contributed by atoms with Crippen molar-refractivity contribution in [3.63, 3.8) is 0 Å². The van der Waals surface area contributed by atoms with Crippen LogP contribution < -0.4 is 5.32 Å². The lowest BCUT2D eigenvalue weighted by Crippen LogP contribution is -2.00. The Hall–Kier alpha value is -3.68. The van der Waals surface area contributed by atoms with Crippen LogP contribution in [0.1, 0.15) is 0 Å². The molecule has 0 fully saturated rings. The van der Waals surface area contributed by atoms with E-state index in [0.717, 1.165) is 38.8 Å².